The van der Waals surface area contributed by atoms with E-state index in [-0.39, 0.29) is 12.4 Å². The number of hydrogen-bond donors (Lipinski definition) is 1. The molecule has 0 atom stereocenters. The minimum absolute atomic E-state index is 0.162. The molecule has 0 aromatic heterocycles. The molecule has 0 unspecified atom stereocenters. The van der Waals surface area contributed by atoms with Crippen LogP contribution in [0.2, 0.25) is 5.02 Å². The lowest BCUT2D eigenvalue weighted by Crippen LogP contribution is -1.92. The van der Waals surface area contributed by atoms with Crippen molar-refractivity contribution in [2.75, 3.05) is 6.61 Å². The third-order valence-corrected chi connectivity index (χ3v) is 2.10. The molecular formula is C10H12ClFO. The minimum atomic E-state index is -0.259. The van der Waals surface area contributed by atoms with Gasteiger partial charge in [-0.3, -0.25) is 0 Å². The van der Waals surface area contributed by atoms with Gasteiger partial charge in [0.2, 0.25) is 0 Å². The fourth-order valence-electron chi connectivity index (χ4n) is 1.15. The van der Waals surface area contributed by atoms with Gasteiger partial charge in [-0.25, -0.2) is 4.39 Å². The van der Waals surface area contributed by atoms with E-state index in [1.54, 1.807) is 12.1 Å². The summed E-state index contributed by atoms with van der Waals surface area (Å²) in [6.07, 6.45) is 2.17. The van der Waals surface area contributed by atoms with Gasteiger partial charge in [-0.2, -0.15) is 0 Å². The highest BCUT2D eigenvalue weighted by Gasteiger charge is 2.01. The highest BCUT2D eigenvalue weighted by Crippen LogP contribution is 2.16. The molecule has 0 heterocycles. The van der Waals surface area contributed by atoms with E-state index in [4.69, 9.17) is 16.7 Å². The van der Waals surface area contributed by atoms with Gasteiger partial charge in [-0.15, -0.1) is 0 Å². The first-order valence-electron chi connectivity index (χ1n) is 4.29. The van der Waals surface area contributed by atoms with E-state index >= 15 is 0 Å². The molecule has 1 rings (SSSR count). The lowest BCUT2D eigenvalue weighted by molar-refractivity contribution is 0.284. The molecule has 0 aliphatic carbocycles. The maximum Gasteiger partial charge on any atom is 0.127 e. The van der Waals surface area contributed by atoms with Crippen LogP contribution in [0, 0.1) is 5.82 Å². The maximum absolute atomic E-state index is 13.1. The van der Waals surface area contributed by atoms with E-state index in [1.807, 2.05) is 0 Å². The van der Waals surface area contributed by atoms with Gasteiger partial charge in [0.15, 0.2) is 0 Å². The predicted octanol–water partition coefficient (Wildman–Crippen LogP) is 2.79. The Labute approximate surface area is 82.2 Å². The summed E-state index contributed by atoms with van der Waals surface area (Å²) in [5, 5.41) is 8.96. The topological polar surface area (TPSA) is 20.2 Å². The minimum Gasteiger partial charge on any atom is -0.396 e. The third kappa shape index (κ3) is 3.33. The van der Waals surface area contributed by atoms with Crippen LogP contribution in [0.25, 0.3) is 0 Å². The third-order valence-electron chi connectivity index (χ3n) is 1.87. The molecule has 0 amide bonds. The number of halogens is 2. The summed E-state index contributed by atoms with van der Waals surface area (Å²) in [6.45, 7) is 0.162. The fourth-order valence-corrected chi connectivity index (χ4v) is 1.31. The first-order chi connectivity index (χ1) is 6.24. The van der Waals surface area contributed by atoms with Crippen LogP contribution in [0.1, 0.15) is 18.4 Å². The lowest BCUT2D eigenvalue weighted by Gasteiger charge is -2.02. The normalized spacial score (nSPS) is 10.4. The number of unbranched alkanes of at least 4 members (excludes halogenated alkanes) is 1. The lowest BCUT2D eigenvalue weighted by atomic mass is 10.1. The zero-order valence-corrected chi connectivity index (χ0v) is 8.02. The van der Waals surface area contributed by atoms with Crippen LogP contribution in [-0.2, 0) is 6.42 Å². The molecule has 0 radical (unpaired) electrons. The highest BCUT2D eigenvalue weighted by atomic mass is 35.5. The molecule has 1 aromatic rings. The van der Waals surface area contributed by atoms with E-state index in [0.29, 0.717) is 23.4 Å². The van der Waals surface area contributed by atoms with E-state index in [0.717, 1.165) is 6.42 Å². The molecule has 0 aliphatic heterocycles. The molecule has 3 heteroatoms. The maximum atomic E-state index is 13.1. The van der Waals surface area contributed by atoms with Crippen LogP contribution in [-0.4, -0.2) is 11.7 Å². The van der Waals surface area contributed by atoms with Crippen LogP contribution in [0.5, 0.6) is 0 Å². The van der Waals surface area contributed by atoms with Crippen molar-refractivity contribution in [1.82, 2.24) is 0 Å². The summed E-state index contributed by atoms with van der Waals surface area (Å²) < 4.78 is 13.1. The molecule has 0 bridgehead atoms. The quantitative estimate of drug-likeness (QED) is 0.745. The standard InChI is InChI=1S/C10H12ClFO/c11-9-5-4-8(10(12)7-9)3-1-2-6-13/h4-5,7,13H,1-3,6H2. The molecule has 1 N–H and O–H groups in total. The second kappa shape index (κ2) is 5.20. The number of benzene rings is 1. The Balaban J connectivity index is 2.56. The average Bonchev–Trinajstić information content (AvgIpc) is 2.09. The average molecular weight is 203 g/mol. The number of aryl methyl sites for hydroxylation is 1. The van der Waals surface area contributed by atoms with Crippen molar-refractivity contribution in [3.05, 3.63) is 34.6 Å². The van der Waals surface area contributed by atoms with Gasteiger partial charge in [-0.05, 0) is 37.0 Å². The monoisotopic (exact) mass is 202 g/mol. The van der Waals surface area contributed by atoms with Crippen LogP contribution >= 0.6 is 11.6 Å². The van der Waals surface area contributed by atoms with Crippen LogP contribution in [0.15, 0.2) is 18.2 Å². The van der Waals surface area contributed by atoms with Crippen molar-refractivity contribution >= 4 is 11.6 Å². The summed E-state index contributed by atoms with van der Waals surface area (Å²) in [7, 11) is 0. The van der Waals surface area contributed by atoms with Gasteiger partial charge in [0.05, 0.1) is 0 Å². The Morgan fingerprint density at radius 3 is 2.69 bits per heavy atom. The molecule has 0 aliphatic rings. The largest absolute Gasteiger partial charge is 0.396 e. The van der Waals surface area contributed by atoms with Gasteiger partial charge >= 0.3 is 0 Å². The summed E-state index contributed by atoms with van der Waals surface area (Å²) in [4.78, 5) is 0. The summed E-state index contributed by atoms with van der Waals surface area (Å²) in [5.41, 5.74) is 0.665. The molecular weight excluding hydrogens is 191 g/mol. The summed E-state index contributed by atoms with van der Waals surface area (Å²) in [5.74, 6) is -0.259. The van der Waals surface area contributed by atoms with Crippen molar-refractivity contribution in [1.29, 1.82) is 0 Å². The molecule has 1 aromatic carbocycles. The number of hydrogen-bond acceptors (Lipinski definition) is 1. The van der Waals surface area contributed by atoms with Crippen molar-refractivity contribution < 1.29 is 9.50 Å². The predicted molar refractivity (Wildman–Crippen MR) is 51.4 cm³/mol. The second-order valence-electron chi connectivity index (χ2n) is 2.92. The molecule has 0 saturated heterocycles. The Morgan fingerprint density at radius 1 is 1.31 bits per heavy atom. The number of rotatable bonds is 4. The molecule has 0 fully saturated rings. The molecule has 13 heavy (non-hydrogen) atoms. The second-order valence-corrected chi connectivity index (χ2v) is 3.35. The van der Waals surface area contributed by atoms with Crippen molar-refractivity contribution in [3.8, 4) is 0 Å². The Hall–Kier alpha value is -0.600. The van der Waals surface area contributed by atoms with Crippen LogP contribution in [0.4, 0.5) is 4.39 Å². The first kappa shape index (κ1) is 10.5. The van der Waals surface area contributed by atoms with E-state index in [2.05, 4.69) is 0 Å². The van der Waals surface area contributed by atoms with Crippen molar-refractivity contribution in [3.63, 3.8) is 0 Å². The van der Waals surface area contributed by atoms with Crippen LogP contribution in [0.3, 0.4) is 0 Å². The molecule has 0 spiro atoms. The van der Waals surface area contributed by atoms with Gasteiger partial charge in [0.1, 0.15) is 5.82 Å². The molecule has 72 valence electrons. The molecule has 0 saturated carbocycles. The zero-order valence-electron chi connectivity index (χ0n) is 7.26. The van der Waals surface area contributed by atoms with Gasteiger partial charge < -0.3 is 5.11 Å². The van der Waals surface area contributed by atoms with Crippen molar-refractivity contribution in [2.24, 2.45) is 0 Å². The van der Waals surface area contributed by atoms with Gasteiger partial charge in [0, 0.05) is 11.6 Å². The Bertz CT molecular complexity index is 276. The highest BCUT2D eigenvalue weighted by molar-refractivity contribution is 6.30. The van der Waals surface area contributed by atoms with E-state index in [1.165, 1.54) is 6.07 Å². The van der Waals surface area contributed by atoms with Crippen molar-refractivity contribution in [2.45, 2.75) is 19.3 Å². The van der Waals surface area contributed by atoms with E-state index in [9.17, 15) is 4.39 Å². The fraction of sp³-hybridized carbons (Fsp3) is 0.400. The smallest absolute Gasteiger partial charge is 0.127 e. The van der Waals surface area contributed by atoms with Gasteiger partial charge in [0.25, 0.3) is 0 Å². The number of aliphatic hydroxyl groups is 1. The Morgan fingerprint density at radius 2 is 2.08 bits per heavy atom. The first-order valence-corrected chi connectivity index (χ1v) is 4.66. The summed E-state index contributed by atoms with van der Waals surface area (Å²) in [6, 6.07) is 4.68. The molecule has 1 nitrogen and oxygen atoms in total. The number of aliphatic hydroxyl groups excluding tert-OH is 1. The van der Waals surface area contributed by atoms with Crippen LogP contribution < -0.4 is 0 Å². The SMILES string of the molecule is OCCCCc1ccc(Cl)cc1F. The summed E-state index contributed by atoms with van der Waals surface area (Å²) >= 11 is 5.60. The Kier molecular flexibility index (Phi) is 4.19. The van der Waals surface area contributed by atoms with E-state index < -0.39 is 0 Å². The van der Waals surface area contributed by atoms with Gasteiger partial charge in [-0.1, -0.05) is 17.7 Å². The zero-order chi connectivity index (χ0) is 9.68.